The Bertz CT molecular complexity index is 584. The van der Waals surface area contributed by atoms with E-state index in [0.29, 0.717) is 28.1 Å². The standard InChI is InChI=1S/C14H13Cl2NO3/c1-9(14(18)17-8-10-4-3-7-19-10)20-12-6-2-5-11(15)13(12)16/h2-7,9H,8H2,1H3,(H,17,18)/t9-/m0/s1. The van der Waals surface area contributed by atoms with Crippen molar-refractivity contribution in [3.63, 3.8) is 0 Å². The summed E-state index contributed by atoms with van der Waals surface area (Å²) in [6.45, 7) is 1.94. The molecule has 1 aromatic heterocycles. The van der Waals surface area contributed by atoms with Crippen LogP contribution < -0.4 is 10.1 Å². The number of nitrogens with one attached hydrogen (secondary N) is 1. The van der Waals surface area contributed by atoms with Gasteiger partial charge in [0.05, 0.1) is 17.8 Å². The first-order chi connectivity index (χ1) is 9.58. The fraction of sp³-hybridized carbons (Fsp3) is 0.214. The summed E-state index contributed by atoms with van der Waals surface area (Å²) < 4.78 is 10.6. The topological polar surface area (TPSA) is 51.5 Å². The summed E-state index contributed by atoms with van der Waals surface area (Å²) in [7, 11) is 0. The van der Waals surface area contributed by atoms with Crippen molar-refractivity contribution in [2.45, 2.75) is 19.6 Å². The minimum atomic E-state index is -0.694. The molecule has 1 atom stereocenters. The quantitative estimate of drug-likeness (QED) is 0.916. The Labute approximate surface area is 126 Å². The molecule has 1 heterocycles. The average molecular weight is 314 g/mol. The van der Waals surface area contributed by atoms with Crippen molar-refractivity contribution in [1.29, 1.82) is 0 Å². The zero-order valence-electron chi connectivity index (χ0n) is 10.7. The van der Waals surface area contributed by atoms with E-state index in [0.717, 1.165) is 0 Å². The molecule has 6 heteroatoms. The third-order valence-corrected chi connectivity index (χ3v) is 3.41. The Morgan fingerprint density at radius 1 is 1.35 bits per heavy atom. The first kappa shape index (κ1) is 14.8. The zero-order chi connectivity index (χ0) is 14.5. The molecule has 0 bridgehead atoms. The SMILES string of the molecule is C[C@H](Oc1cccc(Cl)c1Cl)C(=O)NCc1ccco1. The van der Waals surface area contributed by atoms with Crippen LogP contribution in [-0.4, -0.2) is 12.0 Å². The van der Waals surface area contributed by atoms with Crippen LogP contribution in [0.15, 0.2) is 41.0 Å². The summed E-state index contributed by atoms with van der Waals surface area (Å²) in [5.41, 5.74) is 0. The minimum absolute atomic E-state index is 0.266. The summed E-state index contributed by atoms with van der Waals surface area (Å²) >= 11 is 11.9. The summed E-state index contributed by atoms with van der Waals surface area (Å²) in [5, 5.41) is 3.38. The highest BCUT2D eigenvalue weighted by atomic mass is 35.5. The summed E-state index contributed by atoms with van der Waals surface area (Å²) in [4.78, 5) is 11.9. The van der Waals surface area contributed by atoms with Crippen molar-refractivity contribution >= 4 is 29.1 Å². The van der Waals surface area contributed by atoms with Crippen LogP contribution in [0.2, 0.25) is 10.0 Å². The lowest BCUT2D eigenvalue weighted by Crippen LogP contribution is -2.35. The second-order valence-corrected chi connectivity index (χ2v) is 4.89. The number of ether oxygens (including phenoxy) is 1. The number of carbonyl (C=O) groups is 1. The molecule has 0 fully saturated rings. The highest BCUT2D eigenvalue weighted by Crippen LogP contribution is 2.32. The van der Waals surface area contributed by atoms with Crippen LogP contribution in [-0.2, 0) is 11.3 Å². The van der Waals surface area contributed by atoms with E-state index < -0.39 is 6.10 Å². The molecule has 1 N–H and O–H groups in total. The summed E-state index contributed by atoms with van der Waals surface area (Å²) in [6, 6.07) is 8.55. The van der Waals surface area contributed by atoms with Crippen LogP contribution in [0, 0.1) is 0 Å². The second-order valence-electron chi connectivity index (χ2n) is 4.11. The van der Waals surface area contributed by atoms with Gasteiger partial charge in [0.15, 0.2) is 6.10 Å². The monoisotopic (exact) mass is 313 g/mol. The molecule has 0 spiro atoms. The Hall–Kier alpha value is -1.65. The first-order valence-electron chi connectivity index (χ1n) is 5.98. The molecule has 0 aliphatic heterocycles. The number of halogens is 2. The number of hydrogen-bond donors (Lipinski definition) is 1. The van der Waals surface area contributed by atoms with Crippen LogP contribution >= 0.6 is 23.2 Å². The van der Waals surface area contributed by atoms with Crippen molar-refractivity contribution in [2.75, 3.05) is 0 Å². The maximum atomic E-state index is 11.9. The van der Waals surface area contributed by atoms with Gasteiger partial charge < -0.3 is 14.5 Å². The predicted octanol–water partition coefficient (Wildman–Crippen LogP) is 3.67. The van der Waals surface area contributed by atoms with Crippen LogP contribution in [0.3, 0.4) is 0 Å². The van der Waals surface area contributed by atoms with Gasteiger partial charge in [-0.15, -0.1) is 0 Å². The van der Waals surface area contributed by atoms with Gasteiger partial charge in [-0.3, -0.25) is 4.79 Å². The van der Waals surface area contributed by atoms with Gasteiger partial charge in [0.25, 0.3) is 5.91 Å². The number of benzene rings is 1. The molecule has 20 heavy (non-hydrogen) atoms. The number of amides is 1. The molecular weight excluding hydrogens is 301 g/mol. The molecule has 0 unspecified atom stereocenters. The van der Waals surface area contributed by atoms with E-state index in [1.807, 2.05) is 0 Å². The number of hydrogen-bond acceptors (Lipinski definition) is 3. The Morgan fingerprint density at radius 2 is 2.15 bits per heavy atom. The third-order valence-electron chi connectivity index (χ3n) is 2.61. The maximum Gasteiger partial charge on any atom is 0.261 e. The van der Waals surface area contributed by atoms with E-state index in [-0.39, 0.29) is 5.91 Å². The Balaban J connectivity index is 1.92. The van der Waals surface area contributed by atoms with Gasteiger partial charge in [-0.2, -0.15) is 0 Å². The molecule has 2 rings (SSSR count). The Morgan fingerprint density at radius 3 is 2.85 bits per heavy atom. The fourth-order valence-corrected chi connectivity index (χ4v) is 1.89. The predicted molar refractivity (Wildman–Crippen MR) is 77.1 cm³/mol. The normalized spacial score (nSPS) is 11.9. The van der Waals surface area contributed by atoms with Crippen LogP contribution in [0.1, 0.15) is 12.7 Å². The first-order valence-corrected chi connectivity index (χ1v) is 6.74. The highest BCUT2D eigenvalue weighted by molar-refractivity contribution is 6.42. The largest absolute Gasteiger partial charge is 0.479 e. The molecular formula is C14H13Cl2NO3. The fourth-order valence-electron chi connectivity index (χ4n) is 1.55. The lowest BCUT2D eigenvalue weighted by atomic mass is 10.3. The zero-order valence-corrected chi connectivity index (χ0v) is 12.2. The lowest BCUT2D eigenvalue weighted by Gasteiger charge is -2.15. The number of furan rings is 1. The van der Waals surface area contributed by atoms with E-state index in [1.165, 1.54) is 0 Å². The van der Waals surface area contributed by atoms with Crippen LogP contribution in [0.25, 0.3) is 0 Å². The highest BCUT2D eigenvalue weighted by Gasteiger charge is 2.16. The van der Waals surface area contributed by atoms with Gasteiger partial charge in [-0.05, 0) is 31.2 Å². The minimum Gasteiger partial charge on any atom is -0.479 e. The van der Waals surface area contributed by atoms with Gasteiger partial charge >= 0.3 is 0 Å². The second kappa shape index (κ2) is 6.68. The van der Waals surface area contributed by atoms with Gasteiger partial charge in [-0.1, -0.05) is 29.3 Å². The molecule has 106 valence electrons. The van der Waals surface area contributed by atoms with Gasteiger partial charge in [0.2, 0.25) is 0 Å². The van der Waals surface area contributed by atoms with E-state index >= 15 is 0 Å². The summed E-state index contributed by atoms with van der Waals surface area (Å²) in [5.74, 6) is 0.781. The molecule has 0 radical (unpaired) electrons. The number of rotatable bonds is 5. The molecule has 1 aromatic carbocycles. The third kappa shape index (κ3) is 3.68. The van der Waals surface area contributed by atoms with Gasteiger partial charge in [-0.25, -0.2) is 0 Å². The lowest BCUT2D eigenvalue weighted by molar-refractivity contribution is -0.127. The molecule has 1 amide bonds. The van der Waals surface area contributed by atoms with Gasteiger partial charge in [0.1, 0.15) is 16.5 Å². The van der Waals surface area contributed by atoms with E-state index in [4.69, 9.17) is 32.4 Å². The van der Waals surface area contributed by atoms with Gasteiger partial charge in [0, 0.05) is 0 Å². The van der Waals surface area contributed by atoms with Crippen molar-refractivity contribution in [3.8, 4) is 5.75 Å². The van der Waals surface area contributed by atoms with E-state index in [2.05, 4.69) is 5.32 Å². The molecule has 2 aromatic rings. The van der Waals surface area contributed by atoms with Crippen molar-refractivity contribution in [2.24, 2.45) is 0 Å². The molecule has 0 saturated heterocycles. The number of carbonyl (C=O) groups excluding carboxylic acids is 1. The van der Waals surface area contributed by atoms with E-state index in [9.17, 15) is 4.79 Å². The molecule has 0 aliphatic rings. The smallest absolute Gasteiger partial charge is 0.261 e. The maximum absolute atomic E-state index is 11.9. The van der Waals surface area contributed by atoms with E-state index in [1.54, 1.807) is 43.5 Å². The average Bonchev–Trinajstić information content (AvgIpc) is 2.94. The van der Waals surface area contributed by atoms with Crippen molar-refractivity contribution in [3.05, 3.63) is 52.4 Å². The van der Waals surface area contributed by atoms with Crippen LogP contribution in [0.5, 0.6) is 5.75 Å². The van der Waals surface area contributed by atoms with Crippen molar-refractivity contribution < 1.29 is 13.9 Å². The van der Waals surface area contributed by atoms with Crippen LogP contribution in [0.4, 0.5) is 0 Å². The Kier molecular flexibility index (Phi) is 4.93. The molecule has 0 saturated carbocycles. The summed E-state index contributed by atoms with van der Waals surface area (Å²) in [6.07, 6.45) is 0.855. The van der Waals surface area contributed by atoms with Crippen molar-refractivity contribution in [1.82, 2.24) is 5.32 Å². The molecule has 0 aliphatic carbocycles. The molecule has 4 nitrogen and oxygen atoms in total.